The molecule has 2 heterocycles. The van der Waals surface area contributed by atoms with Crippen LogP contribution in [0.5, 0.6) is 0 Å². The number of imidazole rings is 1. The van der Waals surface area contributed by atoms with Crippen LogP contribution in [0, 0.1) is 11.7 Å². The normalized spacial score (nSPS) is 28.9. The first kappa shape index (κ1) is 14.2. The summed E-state index contributed by atoms with van der Waals surface area (Å²) in [5.74, 6) is -0.274. The Morgan fingerprint density at radius 2 is 2.19 bits per heavy atom. The van der Waals surface area contributed by atoms with Crippen molar-refractivity contribution in [2.45, 2.75) is 31.6 Å². The highest BCUT2D eigenvalue weighted by molar-refractivity contribution is 5.18. The molecule has 1 saturated heterocycles. The molecule has 1 aliphatic rings. The van der Waals surface area contributed by atoms with Gasteiger partial charge in [0.15, 0.2) is 0 Å². The number of benzene rings is 1. The summed E-state index contributed by atoms with van der Waals surface area (Å²) >= 11 is 0. The number of rotatable bonds is 4. The summed E-state index contributed by atoms with van der Waals surface area (Å²) < 4.78 is 20.5. The van der Waals surface area contributed by atoms with Crippen molar-refractivity contribution in [2.75, 3.05) is 6.61 Å². The number of nitrogens with zero attached hydrogens (tertiary/aromatic N) is 2. The molecule has 1 aromatic carbocycles. The molecule has 0 radical (unpaired) electrons. The third kappa shape index (κ3) is 2.84. The van der Waals surface area contributed by atoms with Gasteiger partial charge in [-0.1, -0.05) is 12.1 Å². The maximum atomic E-state index is 13.0. The van der Waals surface area contributed by atoms with E-state index in [2.05, 4.69) is 4.98 Å². The fraction of sp³-hybridized carbons (Fsp3) is 0.438. The highest BCUT2D eigenvalue weighted by Crippen LogP contribution is 2.35. The van der Waals surface area contributed by atoms with E-state index in [9.17, 15) is 9.50 Å². The van der Waals surface area contributed by atoms with Crippen LogP contribution in [-0.2, 0) is 17.7 Å². The van der Waals surface area contributed by atoms with Gasteiger partial charge in [-0.15, -0.1) is 0 Å². The summed E-state index contributed by atoms with van der Waals surface area (Å²) in [5.41, 5.74) is 0.0536. The lowest BCUT2D eigenvalue weighted by Crippen LogP contribution is -2.46. The summed E-state index contributed by atoms with van der Waals surface area (Å²) in [6.07, 6.45) is 5.63. The summed E-state index contributed by atoms with van der Waals surface area (Å²) in [4.78, 5) is 4.01. The molecule has 0 bridgehead atoms. The second-order valence-electron chi connectivity index (χ2n) is 5.73. The summed E-state index contributed by atoms with van der Waals surface area (Å²) in [6, 6.07) is 6.42. The highest BCUT2D eigenvalue weighted by atomic mass is 19.1. The van der Waals surface area contributed by atoms with Crippen LogP contribution in [0.1, 0.15) is 12.5 Å². The lowest BCUT2D eigenvalue weighted by atomic mass is 9.82. The van der Waals surface area contributed by atoms with Gasteiger partial charge in [-0.05, 0) is 31.0 Å². The summed E-state index contributed by atoms with van der Waals surface area (Å²) in [6.45, 7) is 2.84. The smallest absolute Gasteiger partial charge is 0.123 e. The van der Waals surface area contributed by atoms with Crippen molar-refractivity contribution in [1.29, 1.82) is 0 Å². The Labute approximate surface area is 123 Å². The Hall–Kier alpha value is -1.72. The quantitative estimate of drug-likeness (QED) is 0.937. The molecule has 1 N–H and O–H groups in total. The minimum Gasteiger partial charge on any atom is -0.385 e. The molecular weight excluding hydrogens is 271 g/mol. The predicted octanol–water partition coefficient (Wildman–Crippen LogP) is 2.03. The molecule has 2 aromatic rings. The predicted molar refractivity (Wildman–Crippen MR) is 76.2 cm³/mol. The van der Waals surface area contributed by atoms with E-state index < -0.39 is 5.60 Å². The van der Waals surface area contributed by atoms with Gasteiger partial charge in [0.2, 0.25) is 0 Å². The Balaban J connectivity index is 1.78. The van der Waals surface area contributed by atoms with Crippen molar-refractivity contribution in [3.63, 3.8) is 0 Å². The molecule has 112 valence electrons. The maximum absolute atomic E-state index is 13.0. The van der Waals surface area contributed by atoms with Crippen LogP contribution in [0.4, 0.5) is 4.39 Å². The zero-order chi connectivity index (χ0) is 14.9. The van der Waals surface area contributed by atoms with Crippen LogP contribution in [0.25, 0.3) is 0 Å². The van der Waals surface area contributed by atoms with Crippen molar-refractivity contribution < 1.29 is 14.2 Å². The molecule has 1 fully saturated rings. The average molecular weight is 290 g/mol. The molecule has 1 aliphatic heterocycles. The van der Waals surface area contributed by atoms with E-state index in [1.54, 1.807) is 24.7 Å². The van der Waals surface area contributed by atoms with E-state index >= 15 is 0 Å². The third-order valence-electron chi connectivity index (χ3n) is 4.35. The number of aromatic nitrogens is 2. The Kier molecular flexibility index (Phi) is 3.78. The average Bonchev–Trinajstić information content (AvgIpc) is 3.05. The van der Waals surface area contributed by atoms with Crippen LogP contribution in [0.2, 0.25) is 0 Å². The zero-order valence-electron chi connectivity index (χ0n) is 11.9. The molecule has 21 heavy (non-hydrogen) atoms. The summed E-state index contributed by atoms with van der Waals surface area (Å²) in [7, 11) is 0. The van der Waals surface area contributed by atoms with Gasteiger partial charge in [0.1, 0.15) is 11.4 Å². The lowest BCUT2D eigenvalue weighted by Gasteiger charge is -2.32. The van der Waals surface area contributed by atoms with Crippen molar-refractivity contribution in [2.24, 2.45) is 5.92 Å². The van der Waals surface area contributed by atoms with Crippen molar-refractivity contribution >= 4 is 0 Å². The van der Waals surface area contributed by atoms with E-state index in [1.165, 1.54) is 12.1 Å². The van der Waals surface area contributed by atoms with Gasteiger partial charge in [-0.2, -0.15) is 0 Å². The topological polar surface area (TPSA) is 47.3 Å². The molecule has 3 atom stereocenters. The third-order valence-corrected chi connectivity index (χ3v) is 4.35. The molecule has 5 heteroatoms. The lowest BCUT2D eigenvalue weighted by molar-refractivity contribution is -0.0564. The first-order chi connectivity index (χ1) is 10.1. The first-order valence-corrected chi connectivity index (χ1v) is 7.12. The van der Waals surface area contributed by atoms with Crippen LogP contribution in [-0.4, -0.2) is 33.0 Å². The van der Waals surface area contributed by atoms with Gasteiger partial charge in [-0.3, -0.25) is 0 Å². The van der Waals surface area contributed by atoms with Crippen LogP contribution in [0.3, 0.4) is 0 Å². The van der Waals surface area contributed by atoms with Crippen molar-refractivity contribution in [3.05, 3.63) is 54.4 Å². The minimum atomic E-state index is -0.949. The monoisotopic (exact) mass is 290 g/mol. The van der Waals surface area contributed by atoms with Gasteiger partial charge in [-0.25, -0.2) is 9.37 Å². The van der Waals surface area contributed by atoms with Crippen LogP contribution in [0.15, 0.2) is 43.0 Å². The van der Waals surface area contributed by atoms with Gasteiger partial charge >= 0.3 is 0 Å². The second kappa shape index (κ2) is 5.58. The highest BCUT2D eigenvalue weighted by Gasteiger charge is 2.48. The molecule has 0 amide bonds. The Morgan fingerprint density at radius 1 is 1.43 bits per heavy atom. The molecule has 4 nitrogen and oxygen atoms in total. The van der Waals surface area contributed by atoms with E-state index in [0.29, 0.717) is 19.6 Å². The molecule has 3 rings (SSSR count). The van der Waals surface area contributed by atoms with Gasteiger partial charge in [0, 0.05) is 18.3 Å². The number of aliphatic hydroxyl groups is 1. The molecule has 3 unspecified atom stereocenters. The Bertz CT molecular complexity index is 585. The standard InChI is InChI=1S/C16H19FN2O2/c1-12-16(20,10-19-7-6-18-11-19)14(9-21-12)8-13-2-4-15(17)5-3-13/h2-7,11-12,14,20H,8-10H2,1H3. The molecule has 0 spiro atoms. The van der Waals surface area contributed by atoms with Gasteiger partial charge < -0.3 is 14.4 Å². The largest absolute Gasteiger partial charge is 0.385 e. The Morgan fingerprint density at radius 3 is 2.86 bits per heavy atom. The fourth-order valence-corrected chi connectivity index (χ4v) is 2.95. The first-order valence-electron chi connectivity index (χ1n) is 7.12. The van der Waals surface area contributed by atoms with E-state index in [1.807, 2.05) is 17.7 Å². The summed E-state index contributed by atoms with van der Waals surface area (Å²) in [5, 5.41) is 11.1. The molecule has 1 aromatic heterocycles. The van der Waals surface area contributed by atoms with Crippen molar-refractivity contribution in [1.82, 2.24) is 9.55 Å². The van der Waals surface area contributed by atoms with E-state index in [-0.39, 0.29) is 17.8 Å². The maximum Gasteiger partial charge on any atom is 0.123 e. The fourth-order valence-electron chi connectivity index (χ4n) is 2.95. The van der Waals surface area contributed by atoms with Gasteiger partial charge in [0.25, 0.3) is 0 Å². The van der Waals surface area contributed by atoms with E-state index in [0.717, 1.165) is 5.56 Å². The molecule has 0 saturated carbocycles. The van der Waals surface area contributed by atoms with Crippen LogP contribution < -0.4 is 0 Å². The number of hydrogen-bond donors (Lipinski definition) is 1. The second-order valence-corrected chi connectivity index (χ2v) is 5.73. The number of halogens is 1. The number of hydrogen-bond acceptors (Lipinski definition) is 3. The van der Waals surface area contributed by atoms with E-state index in [4.69, 9.17) is 4.74 Å². The SMILES string of the molecule is CC1OCC(Cc2ccc(F)cc2)C1(O)Cn1ccnc1. The molecule has 0 aliphatic carbocycles. The zero-order valence-corrected chi connectivity index (χ0v) is 11.9. The minimum absolute atomic E-state index is 0.0274. The number of ether oxygens (including phenoxy) is 1. The van der Waals surface area contributed by atoms with Crippen LogP contribution >= 0.6 is 0 Å². The van der Waals surface area contributed by atoms with Gasteiger partial charge in [0.05, 0.1) is 25.6 Å². The van der Waals surface area contributed by atoms with Crippen molar-refractivity contribution in [3.8, 4) is 0 Å². The molecular formula is C16H19FN2O2.